The van der Waals surface area contributed by atoms with Crippen LogP contribution < -0.4 is 24.4 Å². The highest BCUT2D eigenvalue weighted by Gasteiger charge is 2.41. The molecule has 0 aliphatic rings. The largest absolute Gasteiger partial charge is 0.493 e. The van der Waals surface area contributed by atoms with Crippen LogP contribution in [0.4, 0.5) is 13.2 Å². The third-order valence-corrected chi connectivity index (χ3v) is 7.48. The van der Waals surface area contributed by atoms with E-state index in [9.17, 15) is 22.8 Å². The van der Waals surface area contributed by atoms with Crippen LogP contribution in [-0.4, -0.2) is 38.2 Å². The van der Waals surface area contributed by atoms with E-state index < -0.39 is 29.1 Å². The van der Waals surface area contributed by atoms with E-state index >= 15 is 0 Å². The Bertz CT molecular complexity index is 1800. The molecule has 4 rings (SSSR count). The van der Waals surface area contributed by atoms with Crippen LogP contribution in [0.1, 0.15) is 60.5 Å². The molecule has 1 heterocycles. The lowest BCUT2D eigenvalue weighted by molar-refractivity contribution is -0.154. The van der Waals surface area contributed by atoms with Gasteiger partial charge in [0.2, 0.25) is 11.2 Å². The molecule has 8 nitrogen and oxygen atoms in total. The second-order valence-electron chi connectivity index (χ2n) is 12.3. The van der Waals surface area contributed by atoms with Crippen molar-refractivity contribution in [3.05, 3.63) is 86.8 Å². The summed E-state index contributed by atoms with van der Waals surface area (Å²) < 4.78 is 71.3. The predicted molar refractivity (Wildman–Crippen MR) is 173 cm³/mol. The molecule has 0 N–H and O–H groups in total. The summed E-state index contributed by atoms with van der Waals surface area (Å²) in [6.45, 7) is 12.9. The maximum Gasteiger partial charge on any atom is 0.453 e. The van der Waals surface area contributed by atoms with Gasteiger partial charge in [-0.1, -0.05) is 33.8 Å². The summed E-state index contributed by atoms with van der Waals surface area (Å²) in [5.74, 6) is -2.24. The Morgan fingerprint density at radius 2 is 1.49 bits per heavy atom. The van der Waals surface area contributed by atoms with Crippen LogP contribution in [0.3, 0.4) is 0 Å². The van der Waals surface area contributed by atoms with Gasteiger partial charge in [0, 0.05) is 19.6 Å². The van der Waals surface area contributed by atoms with E-state index in [0.717, 1.165) is 11.1 Å². The van der Waals surface area contributed by atoms with E-state index in [0.29, 0.717) is 18.8 Å². The lowest BCUT2D eigenvalue weighted by Gasteiger charge is -2.27. The standard InChI is InChI=1S/C36H40F3NO7/c1-20(2)17-40(18-21(3)4)19-27-28(46-35(42)24-10-13-29(43-7)30(16-24)44-8)14-12-26-31(41)33(34(36(37,38)39)47-32(26)27)45-25-11-9-22(5)23(6)15-25/h9-16,20-21H,17-19H2,1-8H3. The average molecular weight is 656 g/mol. The van der Waals surface area contributed by atoms with Gasteiger partial charge in [-0.15, -0.1) is 0 Å². The molecule has 0 fully saturated rings. The number of ether oxygens (including phenoxy) is 4. The van der Waals surface area contributed by atoms with E-state index in [2.05, 4.69) is 0 Å². The number of carbonyl (C=O) groups is 1. The Morgan fingerprint density at radius 3 is 2.06 bits per heavy atom. The SMILES string of the molecule is COc1ccc(C(=O)Oc2ccc3c(=O)c(Oc4ccc(C)c(C)c4)c(C(F)(F)F)oc3c2CN(CC(C)C)CC(C)C)cc1OC. The van der Waals surface area contributed by atoms with Crippen molar-refractivity contribution in [2.24, 2.45) is 11.8 Å². The summed E-state index contributed by atoms with van der Waals surface area (Å²) in [5.41, 5.74) is 0.577. The fourth-order valence-corrected chi connectivity index (χ4v) is 5.28. The minimum atomic E-state index is -5.08. The van der Waals surface area contributed by atoms with Crippen LogP contribution in [-0.2, 0) is 12.7 Å². The van der Waals surface area contributed by atoms with Gasteiger partial charge in [0.05, 0.1) is 30.7 Å². The van der Waals surface area contributed by atoms with E-state index in [4.69, 9.17) is 23.4 Å². The fraction of sp³-hybridized carbons (Fsp3) is 0.389. The first-order chi connectivity index (χ1) is 22.1. The van der Waals surface area contributed by atoms with Gasteiger partial charge < -0.3 is 23.4 Å². The number of nitrogens with zero attached hydrogens (tertiary/aromatic N) is 1. The Balaban J connectivity index is 1.93. The highest BCUT2D eigenvalue weighted by Crippen LogP contribution is 2.41. The molecule has 4 aromatic rings. The van der Waals surface area contributed by atoms with Crippen LogP contribution in [0.15, 0.2) is 57.7 Å². The molecular formula is C36H40F3NO7. The van der Waals surface area contributed by atoms with Gasteiger partial charge in [0.25, 0.3) is 5.76 Å². The lowest BCUT2D eigenvalue weighted by atomic mass is 10.1. The number of hydrogen-bond donors (Lipinski definition) is 0. The zero-order chi connectivity index (χ0) is 34.6. The van der Waals surface area contributed by atoms with Crippen LogP contribution >= 0.6 is 0 Å². The Hall–Kier alpha value is -4.51. The minimum Gasteiger partial charge on any atom is -0.493 e. The fourth-order valence-electron chi connectivity index (χ4n) is 5.28. The number of fused-ring (bicyclic) bond motifs is 1. The third-order valence-electron chi connectivity index (χ3n) is 7.48. The Kier molecular flexibility index (Phi) is 10.9. The molecule has 0 aliphatic heterocycles. The van der Waals surface area contributed by atoms with Gasteiger partial charge in [-0.05, 0) is 79.3 Å². The number of benzene rings is 3. The summed E-state index contributed by atoms with van der Waals surface area (Å²) in [7, 11) is 2.88. The molecule has 0 radical (unpaired) electrons. The summed E-state index contributed by atoms with van der Waals surface area (Å²) in [5, 5.41) is -0.146. The molecule has 0 bridgehead atoms. The van der Waals surface area contributed by atoms with E-state index in [1.54, 1.807) is 19.1 Å². The molecule has 252 valence electrons. The monoisotopic (exact) mass is 655 g/mol. The smallest absolute Gasteiger partial charge is 0.453 e. The Morgan fingerprint density at radius 1 is 0.851 bits per heavy atom. The van der Waals surface area contributed by atoms with Crippen molar-refractivity contribution in [1.29, 1.82) is 0 Å². The van der Waals surface area contributed by atoms with Gasteiger partial charge >= 0.3 is 12.1 Å². The number of methoxy groups -OCH3 is 2. The van der Waals surface area contributed by atoms with E-state index in [1.807, 2.05) is 39.5 Å². The van der Waals surface area contributed by atoms with Gasteiger partial charge in [0.1, 0.15) is 17.1 Å². The summed E-state index contributed by atoms with van der Waals surface area (Å²) in [6.07, 6.45) is -5.08. The van der Waals surface area contributed by atoms with Crippen molar-refractivity contribution in [2.45, 2.75) is 54.3 Å². The van der Waals surface area contributed by atoms with Gasteiger partial charge in [-0.2, -0.15) is 13.2 Å². The predicted octanol–water partition coefficient (Wildman–Crippen LogP) is 8.57. The highest BCUT2D eigenvalue weighted by molar-refractivity contribution is 5.93. The second-order valence-corrected chi connectivity index (χ2v) is 12.3. The zero-order valence-corrected chi connectivity index (χ0v) is 27.8. The number of carbonyl (C=O) groups excluding carboxylic acids is 1. The molecule has 0 spiro atoms. The molecule has 0 atom stereocenters. The second kappa shape index (κ2) is 14.5. The van der Waals surface area contributed by atoms with Crippen molar-refractivity contribution in [3.63, 3.8) is 0 Å². The zero-order valence-electron chi connectivity index (χ0n) is 27.8. The molecule has 47 heavy (non-hydrogen) atoms. The number of halogens is 3. The van der Waals surface area contributed by atoms with Crippen molar-refractivity contribution in [3.8, 4) is 28.7 Å². The van der Waals surface area contributed by atoms with Gasteiger partial charge in [0.15, 0.2) is 11.5 Å². The quantitative estimate of drug-likeness (QED) is 0.111. The van der Waals surface area contributed by atoms with Gasteiger partial charge in [-0.25, -0.2) is 4.79 Å². The molecule has 0 saturated carbocycles. The molecule has 1 aromatic heterocycles. The first-order valence-electron chi connectivity index (χ1n) is 15.2. The number of aryl methyl sites for hydroxylation is 2. The first-order valence-corrected chi connectivity index (χ1v) is 15.2. The van der Waals surface area contributed by atoms with E-state index in [1.165, 1.54) is 50.6 Å². The molecule has 0 saturated heterocycles. The molecule has 0 unspecified atom stereocenters. The maximum absolute atomic E-state index is 14.6. The molecule has 3 aromatic carbocycles. The summed E-state index contributed by atoms with van der Waals surface area (Å²) in [4.78, 5) is 29.2. The minimum absolute atomic E-state index is 0.0415. The summed E-state index contributed by atoms with van der Waals surface area (Å²) in [6, 6.07) is 11.9. The van der Waals surface area contributed by atoms with Crippen molar-refractivity contribution >= 4 is 16.9 Å². The number of hydrogen-bond acceptors (Lipinski definition) is 8. The van der Waals surface area contributed by atoms with Crippen LogP contribution in [0.2, 0.25) is 0 Å². The highest BCUT2D eigenvalue weighted by atomic mass is 19.4. The molecule has 0 amide bonds. The van der Waals surface area contributed by atoms with Crippen molar-refractivity contribution < 1.29 is 41.3 Å². The maximum atomic E-state index is 14.6. The average Bonchev–Trinajstić information content (AvgIpc) is 2.99. The number of esters is 1. The number of rotatable bonds is 12. The van der Waals surface area contributed by atoms with Crippen molar-refractivity contribution in [1.82, 2.24) is 4.90 Å². The van der Waals surface area contributed by atoms with Crippen LogP contribution in [0, 0.1) is 25.7 Å². The molecule has 11 heteroatoms. The van der Waals surface area contributed by atoms with Crippen molar-refractivity contribution in [2.75, 3.05) is 27.3 Å². The third kappa shape index (κ3) is 8.26. The topological polar surface area (TPSA) is 87.4 Å². The first kappa shape index (κ1) is 35.3. The van der Waals surface area contributed by atoms with Crippen LogP contribution in [0.25, 0.3) is 11.0 Å². The van der Waals surface area contributed by atoms with Crippen LogP contribution in [0.5, 0.6) is 28.7 Å². The number of alkyl halides is 3. The molecule has 0 aliphatic carbocycles. The molecular weight excluding hydrogens is 615 g/mol. The van der Waals surface area contributed by atoms with Gasteiger partial charge in [-0.3, -0.25) is 9.69 Å². The lowest BCUT2D eigenvalue weighted by Crippen LogP contribution is -2.31. The Labute approximate surface area is 272 Å². The summed E-state index contributed by atoms with van der Waals surface area (Å²) >= 11 is 0. The van der Waals surface area contributed by atoms with E-state index in [-0.39, 0.29) is 57.7 Å². The normalized spacial score (nSPS) is 11.9.